The number of amides is 2. The van der Waals surface area contributed by atoms with Crippen molar-refractivity contribution in [2.75, 3.05) is 18.1 Å². The maximum atomic E-state index is 12.4. The Balaban J connectivity index is 1.80. The van der Waals surface area contributed by atoms with E-state index in [4.69, 9.17) is 0 Å². The number of anilines is 1. The maximum Gasteiger partial charge on any atom is 0.225 e. The second kappa shape index (κ2) is 9.74. The van der Waals surface area contributed by atoms with Gasteiger partial charge in [-0.05, 0) is 54.9 Å². The molecule has 3 rings (SSSR count). The van der Waals surface area contributed by atoms with Crippen molar-refractivity contribution in [1.29, 1.82) is 0 Å². The van der Waals surface area contributed by atoms with Crippen LogP contribution in [0.15, 0.2) is 58.9 Å². The summed E-state index contributed by atoms with van der Waals surface area (Å²) in [6, 6.07) is 9.91. The molecule has 6 heteroatoms. The van der Waals surface area contributed by atoms with Crippen LogP contribution in [0.4, 0.5) is 5.69 Å². The van der Waals surface area contributed by atoms with Crippen LogP contribution in [-0.4, -0.2) is 31.6 Å². The third-order valence-corrected chi connectivity index (χ3v) is 5.90. The van der Waals surface area contributed by atoms with Crippen molar-refractivity contribution in [1.82, 2.24) is 10.6 Å². The van der Waals surface area contributed by atoms with Gasteiger partial charge in [-0.2, -0.15) is 5.10 Å². The minimum absolute atomic E-state index is 0.0660. The Bertz CT molecular complexity index is 842. The SMILES string of the molecule is C=NN(/C(=C\CNC(=O)[C@H]1CNC(=O)C1)C1=CCCC(C)(C)CC1)c1ccccc1. The summed E-state index contributed by atoms with van der Waals surface area (Å²) in [5, 5.41) is 11.8. The lowest BCUT2D eigenvalue weighted by molar-refractivity contribution is -0.126. The van der Waals surface area contributed by atoms with Crippen molar-refractivity contribution < 1.29 is 9.59 Å². The topological polar surface area (TPSA) is 73.8 Å². The largest absolute Gasteiger partial charge is 0.355 e. The fraction of sp³-hybridized carbons (Fsp3) is 0.458. The molecule has 2 aliphatic rings. The average molecular weight is 409 g/mol. The molecular weight excluding hydrogens is 376 g/mol. The van der Waals surface area contributed by atoms with E-state index < -0.39 is 0 Å². The molecule has 1 atom stereocenters. The summed E-state index contributed by atoms with van der Waals surface area (Å²) < 4.78 is 0. The minimum atomic E-state index is -0.296. The summed E-state index contributed by atoms with van der Waals surface area (Å²) in [6.07, 6.45) is 8.77. The highest BCUT2D eigenvalue weighted by Crippen LogP contribution is 2.37. The van der Waals surface area contributed by atoms with Gasteiger partial charge in [0.05, 0.1) is 17.3 Å². The van der Waals surface area contributed by atoms with Gasteiger partial charge in [-0.15, -0.1) is 0 Å². The summed E-state index contributed by atoms with van der Waals surface area (Å²) in [6.45, 7) is 9.20. The molecule has 1 heterocycles. The molecule has 1 fully saturated rings. The van der Waals surface area contributed by atoms with E-state index >= 15 is 0 Å². The molecule has 1 aromatic carbocycles. The van der Waals surface area contributed by atoms with E-state index in [0.717, 1.165) is 37.1 Å². The fourth-order valence-corrected chi connectivity index (χ4v) is 3.97. The molecule has 1 aliphatic carbocycles. The number of nitrogens with one attached hydrogen (secondary N) is 2. The Labute approximate surface area is 179 Å². The molecule has 0 unspecified atom stereocenters. The number of hydrogen-bond donors (Lipinski definition) is 2. The second-order valence-corrected chi connectivity index (χ2v) is 8.76. The molecule has 1 aromatic rings. The van der Waals surface area contributed by atoms with Crippen molar-refractivity contribution >= 4 is 24.2 Å². The van der Waals surface area contributed by atoms with E-state index in [0.29, 0.717) is 18.5 Å². The predicted octanol–water partition coefficient (Wildman–Crippen LogP) is 3.77. The van der Waals surface area contributed by atoms with Crippen molar-refractivity contribution in [2.24, 2.45) is 16.4 Å². The quantitative estimate of drug-likeness (QED) is 0.533. The normalized spacial score (nSPS) is 21.3. The molecule has 2 N–H and O–H groups in total. The molecule has 0 aromatic heterocycles. The number of hydrazone groups is 1. The number of para-hydroxylation sites is 1. The summed E-state index contributed by atoms with van der Waals surface area (Å²) in [5.74, 6) is -0.462. The van der Waals surface area contributed by atoms with Crippen LogP contribution < -0.4 is 15.6 Å². The Morgan fingerprint density at radius 2 is 2.10 bits per heavy atom. The van der Waals surface area contributed by atoms with Crippen LogP contribution in [0.3, 0.4) is 0 Å². The van der Waals surface area contributed by atoms with Crippen LogP contribution in [0.5, 0.6) is 0 Å². The zero-order valence-electron chi connectivity index (χ0n) is 18.0. The van der Waals surface area contributed by atoms with Gasteiger partial charge in [-0.1, -0.05) is 38.1 Å². The van der Waals surface area contributed by atoms with E-state index in [-0.39, 0.29) is 24.2 Å². The highest BCUT2D eigenvalue weighted by molar-refractivity contribution is 5.89. The highest BCUT2D eigenvalue weighted by Gasteiger charge is 2.28. The number of carbonyl (C=O) groups is 2. The first-order valence-electron chi connectivity index (χ1n) is 10.7. The van der Waals surface area contributed by atoms with Gasteiger partial charge in [0.2, 0.25) is 11.8 Å². The number of allylic oxidation sites excluding steroid dienone is 2. The maximum absolute atomic E-state index is 12.4. The first-order valence-corrected chi connectivity index (χ1v) is 10.7. The third-order valence-electron chi connectivity index (χ3n) is 5.90. The van der Waals surface area contributed by atoms with Crippen molar-refractivity contribution in [2.45, 2.75) is 46.0 Å². The standard InChI is InChI=1S/C24H32N4O2/c1-24(2)13-7-8-18(11-14-24)21(28(25-3)20-9-5-4-6-10-20)12-15-26-23(30)19-16-22(29)27-17-19/h4-6,8-10,12,19H,3,7,11,13-17H2,1-2H3,(H,26,30)(H,27,29)/b21-12-/t19-/m1/s1. The van der Waals surface area contributed by atoms with Gasteiger partial charge in [0, 0.05) is 26.2 Å². The molecule has 0 saturated carbocycles. The van der Waals surface area contributed by atoms with Crippen LogP contribution in [0.25, 0.3) is 0 Å². The number of hydrogen-bond acceptors (Lipinski definition) is 4. The number of rotatable bonds is 7. The minimum Gasteiger partial charge on any atom is -0.355 e. The number of nitrogens with zero attached hydrogens (tertiary/aromatic N) is 2. The van der Waals surface area contributed by atoms with Gasteiger partial charge in [-0.25, -0.2) is 5.01 Å². The zero-order chi connectivity index (χ0) is 21.6. The first-order chi connectivity index (χ1) is 14.4. The monoisotopic (exact) mass is 408 g/mol. The Morgan fingerprint density at radius 3 is 2.77 bits per heavy atom. The van der Waals surface area contributed by atoms with Gasteiger partial charge in [0.1, 0.15) is 0 Å². The summed E-state index contributed by atoms with van der Waals surface area (Å²) in [7, 11) is 0. The Morgan fingerprint density at radius 1 is 1.33 bits per heavy atom. The molecule has 0 radical (unpaired) electrons. The molecular formula is C24H32N4O2. The lowest BCUT2D eigenvalue weighted by Gasteiger charge is -2.26. The van der Waals surface area contributed by atoms with Crippen LogP contribution in [0.1, 0.15) is 46.0 Å². The third kappa shape index (κ3) is 5.59. The van der Waals surface area contributed by atoms with E-state index in [1.165, 1.54) is 5.57 Å². The first kappa shape index (κ1) is 21.8. The molecule has 0 spiro atoms. The van der Waals surface area contributed by atoms with Crippen LogP contribution in [0, 0.1) is 11.3 Å². The second-order valence-electron chi connectivity index (χ2n) is 8.76. The lowest BCUT2D eigenvalue weighted by Crippen LogP contribution is -2.32. The van der Waals surface area contributed by atoms with Crippen molar-refractivity contribution in [3.63, 3.8) is 0 Å². The van der Waals surface area contributed by atoms with E-state index in [1.807, 2.05) is 41.4 Å². The Kier molecular flexibility index (Phi) is 7.08. The molecule has 160 valence electrons. The molecule has 6 nitrogen and oxygen atoms in total. The molecule has 1 aliphatic heterocycles. The number of benzene rings is 1. The van der Waals surface area contributed by atoms with Crippen LogP contribution in [0.2, 0.25) is 0 Å². The molecule has 30 heavy (non-hydrogen) atoms. The Hall–Kier alpha value is -2.89. The van der Waals surface area contributed by atoms with E-state index in [2.05, 4.69) is 42.4 Å². The highest BCUT2D eigenvalue weighted by atomic mass is 16.2. The van der Waals surface area contributed by atoms with Gasteiger partial charge < -0.3 is 10.6 Å². The van der Waals surface area contributed by atoms with Crippen LogP contribution in [-0.2, 0) is 9.59 Å². The summed E-state index contributed by atoms with van der Waals surface area (Å²) in [5.41, 5.74) is 3.41. The molecule has 2 amide bonds. The lowest BCUT2D eigenvalue weighted by atomic mass is 9.84. The average Bonchev–Trinajstić information content (AvgIpc) is 3.08. The van der Waals surface area contributed by atoms with Crippen molar-refractivity contribution in [3.8, 4) is 0 Å². The van der Waals surface area contributed by atoms with Gasteiger partial charge >= 0.3 is 0 Å². The number of carbonyl (C=O) groups excluding carboxylic acids is 2. The van der Waals surface area contributed by atoms with Gasteiger partial charge in [0.25, 0.3) is 0 Å². The van der Waals surface area contributed by atoms with E-state index in [1.54, 1.807) is 0 Å². The van der Waals surface area contributed by atoms with Gasteiger partial charge in [0.15, 0.2) is 0 Å². The zero-order valence-corrected chi connectivity index (χ0v) is 18.0. The fourth-order valence-electron chi connectivity index (χ4n) is 3.97. The van der Waals surface area contributed by atoms with E-state index in [9.17, 15) is 9.59 Å². The van der Waals surface area contributed by atoms with Gasteiger partial charge in [-0.3, -0.25) is 9.59 Å². The molecule has 1 saturated heterocycles. The predicted molar refractivity (Wildman–Crippen MR) is 121 cm³/mol. The molecule has 0 bridgehead atoms. The summed E-state index contributed by atoms with van der Waals surface area (Å²) >= 11 is 0. The van der Waals surface area contributed by atoms with Crippen molar-refractivity contribution in [3.05, 3.63) is 53.8 Å². The van der Waals surface area contributed by atoms with Crippen LogP contribution >= 0.6 is 0 Å². The smallest absolute Gasteiger partial charge is 0.225 e. The summed E-state index contributed by atoms with van der Waals surface area (Å²) in [4.78, 5) is 23.8.